The van der Waals surface area contributed by atoms with Crippen molar-refractivity contribution in [2.45, 2.75) is 138 Å². The third kappa shape index (κ3) is 5.56. The molecule has 3 heterocycles. The fraction of sp³-hybridized carbons (Fsp3) is 0.902. The summed E-state index contributed by atoms with van der Waals surface area (Å²) in [4.78, 5) is 18.7. The van der Waals surface area contributed by atoms with E-state index in [1.165, 1.54) is 6.42 Å². The number of carbonyl (C=O) groups is 1. The lowest BCUT2D eigenvalue weighted by atomic mass is 9.34. The van der Waals surface area contributed by atoms with Gasteiger partial charge in [-0.2, -0.15) is 4.80 Å². The minimum absolute atomic E-state index is 0.0321. The fourth-order valence-electron chi connectivity index (χ4n) is 13.3. The van der Waals surface area contributed by atoms with Gasteiger partial charge in [-0.3, -0.25) is 4.79 Å². The molecule has 10 nitrogen and oxygen atoms in total. The standard InChI is InChI=1S/C41H68N6O4/c1-10-11-21-50-35(48)33-37(5,27(4)26(2)3)18-19-39(7)29-14-15-32-38(6)24-49-25-41(32,30(29)16-17-40(33,39)8)22-31(47-44-36(42)43-45-47)34(38)51-23-28-13-12-20-46(28)9/h16,26-29,31-34H,10-15,17-25H2,1-9H3,(H2,42,44)/t27-,28?,29+,31-,32+,33-,34+,37-,38+,39-,40+,41?/m1/s1. The molecule has 51 heavy (non-hydrogen) atoms. The van der Waals surface area contributed by atoms with E-state index in [9.17, 15) is 4.79 Å². The lowest BCUT2D eigenvalue weighted by molar-refractivity contribution is -0.253. The van der Waals surface area contributed by atoms with Gasteiger partial charge in [-0.15, -0.1) is 5.10 Å². The quantitative estimate of drug-likeness (QED) is 0.154. The van der Waals surface area contributed by atoms with Crippen LogP contribution in [0.1, 0.15) is 126 Å². The Labute approximate surface area is 307 Å². The average Bonchev–Trinajstić information content (AvgIpc) is 3.71. The molecular formula is C41H68N6O4. The summed E-state index contributed by atoms with van der Waals surface area (Å²) in [7, 11) is 2.22. The second-order valence-electron chi connectivity index (χ2n) is 19.3. The lowest BCUT2D eigenvalue weighted by Gasteiger charge is -2.71. The minimum atomic E-state index is -0.225. The van der Waals surface area contributed by atoms with Gasteiger partial charge in [0, 0.05) is 16.9 Å². The van der Waals surface area contributed by atoms with Crippen LogP contribution in [-0.2, 0) is 19.0 Å². The molecule has 1 aromatic rings. The molecule has 2 unspecified atom stereocenters. The Bertz CT molecular complexity index is 1480. The maximum Gasteiger partial charge on any atom is 0.310 e. The number of nitrogens with zero attached hydrogens (tertiary/aromatic N) is 5. The molecule has 0 radical (unpaired) electrons. The maximum atomic E-state index is 14.5. The van der Waals surface area contributed by atoms with Crippen molar-refractivity contribution < 1.29 is 19.0 Å². The van der Waals surface area contributed by atoms with Crippen molar-refractivity contribution in [3.63, 3.8) is 0 Å². The second-order valence-corrected chi connectivity index (χ2v) is 19.3. The number of allylic oxidation sites excluding steroid dienone is 1. The van der Waals surface area contributed by atoms with Crippen molar-refractivity contribution in [2.24, 2.45) is 56.7 Å². The molecule has 6 aliphatic rings. The van der Waals surface area contributed by atoms with Gasteiger partial charge in [0.2, 0.25) is 0 Å². The summed E-state index contributed by atoms with van der Waals surface area (Å²) >= 11 is 0. The van der Waals surface area contributed by atoms with E-state index >= 15 is 0 Å². The summed E-state index contributed by atoms with van der Waals surface area (Å²) in [6.45, 7) is 22.7. The predicted molar refractivity (Wildman–Crippen MR) is 198 cm³/mol. The highest BCUT2D eigenvalue weighted by atomic mass is 16.5. The molecule has 2 saturated heterocycles. The van der Waals surface area contributed by atoms with Crippen LogP contribution in [0.4, 0.5) is 5.95 Å². The van der Waals surface area contributed by atoms with Crippen LogP contribution in [0.2, 0.25) is 0 Å². The summed E-state index contributed by atoms with van der Waals surface area (Å²) in [5.74, 6) is 1.74. The summed E-state index contributed by atoms with van der Waals surface area (Å²) in [6.07, 6.45) is 12.9. The molecule has 12 atom stereocenters. The van der Waals surface area contributed by atoms with Crippen molar-refractivity contribution >= 4 is 11.9 Å². The minimum Gasteiger partial charge on any atom is -0.465 e. The van der Waals surface area contributed by atoms with E-state index in [2.05, 4.69) is 88.8 Å². The average molecular weight is 709 g/mol. The number of tetrazole rings is 1. The number of nitrogen functional groups attached to an aromatic ring is 1. The fourth-order valence-corrected chi connectivity index (χ4v) is 13.3. The smallest absolute Gasteiger partial charge is 0.310 e. The molecule has 10 heteroatoms. The normalized spacial score (nSPS) is 44.3. The van der Waals surface area contributed by atoms with Crippen molar-refractivity contribution in [2.75, 3.05) is 45.8 Å². The first kappa shape index (κ1) is 37.3. The number of ether oxygens (including phenoxy) is 3. The van der Waals surface area contributed by atoms with Crippen LogP contribution < -0.4 is 5.73 Å². The van der Waals surface area contributed by atoms with Crippen molar-refractivity contribution in [1.29, 1.82) is 0 Å². The van der Waals surface area contributed by atoms with Crippen LogP contribution in [0.5, 0.6) is 0 Å². The molecule has 286 valence electrons. The molecule has 1 aromatic heterocycles. The highest BCUT2D eigenvalue weighted by Gasteiger charge is 2.72. The molecule has 0 amide bonds. The Morgan fingerprint density at radius 3 is 2.55 bits per heavy atom. The van der Waals surface area contributed by atoms with Gasteiger partial charge in [0.05, 0.1) is 38.4 Å². The highest BCUT2D eigenvalue weighted by Crippen LogP contribution is 2.75. The van der Waals surface area contributed by atoms with Gasteiger partial charge in [-0.25, -0.2) is 0 Å². The van der Waals surface area contributed by atoms with Gasteiger partial charge in [-0.05, 0) is 117 Å². The Morgan fingerprint density at radius 1 is 1.10 bits per heavy atom. The van der Waals surface area contributed by atoms with E-state index in [1.807, 2.05) is 0 Å². The van der Waals surface area contributed by atoms with Crippen LogP contribution in [0.15, 0.2) is 11.6 Å². The molecule has 2 aliphatic heterocycles. The molecule has 0 aromatic carbocycles. The third-order valence-electron chi connectivity index (χ3n) is 16.7. The zero-order chi connectivity index (χ0) is 36.6. The van der Waals surface area contributed by atoms with E-state index in [1.54, 1.807) is 10.4 Å². The number of fused-ring (bicyclic) bond motifs is 3. The van der Waals surface area contributed by atoms with E-state index in [-0.39, 0.29) is 57.1 Å². The number of rotatable bonds is 10. The van der Waals surface area contributed by atoms with Crippen LogP contribution in [0.25, 0.3) is 0 Å². The van der Waals surface area contributed by atoms with E-state index in [4.69, 9.17) is 19.9 Å². The number of carbonyl (C=O) groups excluding carboxylic acids is 1. The number of likely N-dealkylation sites (N-methyl/N-ethyl adjacent to an activating group) is 1. The largest absolute Gasteiger partial charge is 0.465 e. The Morgan fingerprint density at radius 2 is 1.88 bits per heavy atom. The van der Waals surface area contributed by atoms with Crippen molar-refractivity contribution in [3.8, 4) is 0 Å². The van der Waals surface area contributed by atoms with Crippen LogP contribution >= 0.6 is 0 Å². The number of unbranched alkanes of at least 4 members (excludes halogenated alkanes) is 1. The lowest BCUT2D eigenvalue weighted by Crippen LogP contribution is -2.69. The van der Waals surface area contributed by atoms with Gasteiger partial charge in [0.25, 0.3) is 5.95 Å². The molecule has 4 aliphatic carbocycles. The summed E-state index contributed by atoms with van der Waals surface area (Å²) < 4.78 is 20.1. The molecular weight excluding hydrogens is 640 g/mol. The Balaban J connectivity index is 1.29. The molecule has 7 rings (SSSR count). The van der Waals surface area contributed by atoms with E-state index < -0.39 is 0 Å². The predicted octanol–water partition coefficient (Wildman–Crippen LogP) is 7.12. The van der Waals surface area contributed by atoms with Crippen molar-refractivity contribution in [3.05, 3.63) is 11.6 Å². The van der Waals surface area contributed by atoms with Gasteiger partial charge in [0.15, 0.2) is 0 Å². The zero-order valence-corrected chi connectivity index (χ0v) is 33.2. The SMILES string of the molecule is CCCCOC(=O)[C@@H]1[C@@](C)([C@H](C)C(C)C)CC[C@]2(C)[C@H]3CC[C@@H]4C5(COC[C@]4(C)[C@@H](OCC4CCCN4C)[C@H](n4nnc(N)n4)C5)C3=CC[C@@]12C. The maximum absolute atomic E-state index is 14.5. The topological polar surface area (TPSA) is 118 Å². The second kappa shape index (κ2) is 13.4. The highest BCUT2D eigenvalue weighted by molar-refractivity contribution is 5.75. The Kier molecular flexibility index (Phi) is 9.77. The number of hydrogen-bond acceptors (Lipinski definition) is 9. The van der Waals surface area contributed by atoms with Gasteiger partial charge in [-0.1, -0.05) is 78.6 Å². The zero-order valence-electron chi connectivity index (χ0n) is 33.2. The summed E-state index contributed by atoms with van der Waals surface area (Å²) in [5.41, 5.74) is 6.89. The number of esters is 1. The van der Waals surface area contributed by atoms with Crippen molar-refractivity contribution in [1.82, 2.24) is 25.1 Å². The first-order valence-corrected chi connectivity index (χ1v) is 20.5. The van der Waals surface area contributed by atoms with Gasteiger partial charge < -0.3 is 24.8 Å². The monoisotopic (exact) mass is 709 g/mol. The number of anilines is 1. The van der Waals surface area contributed by atoms with E-state index in [0.29, 0.717) is 56.1 Å². The first-order valence-electron chi connectivity index (χ1n) is 20.5. The number of likely N-dealkylation sites (tertiary alicyclic amines) is 1. The molecule has 2 bridgehead atoms. The van der Waals surface area contributed by atoms with Crippen LogP contribution in [0.3, 0.4) is 0 Å². The Hall–Kier alpha value is -2.04. The third-order valence-corrected chi connectivity index (χ3v) is 16.7. The van der Waals surface area contributed by atoms with Gasteiger partial charge in [0.1, 0.15) is 6.04 Å². The number of hydrogen-bond donors (Lipinski definition) is 1. The number of nitrogens with two attached hydrogens (primary N) is 1. The molecule has 5 fully saturated rings. The number of aromatic nitrogens is 4. The molecule has 0 spiro atoms. The first-order chi connectivity index (χ1) is 24.2. The van der Waals surface area contributed by atoms with E-state index in [0.717, 1.165) is 64.3 Å². The summed E-state index contributed by atoms with van der Waals surface area (Å²) in [5, 5.41) is 13.3. The molecule has 2 N–H and O–H groups in total. The van der Waals surface area contributed by atoms with Crippen LogP contribution in [0, 0.1) is 56.7 Å². The van der Waals surface area contributed by atoms with Gasteiger partial charge >= 0.3 is 5.97 Å². The summed E-state index contributed by atoms with van der Waals surface area (Å²) in [6, 6.07) is 0.320. The van der Waals surface area contributed by atoms with Crippen LogP contribution in [-0.4, -0.2) is 83.2 Å². The molecule has 3 saturated carbocycles.